The fourth-order valence-electron chi connectivity index (χ4n) is 1.75. The Balaban J connectivity index is 1.84. The first-order chi connectivity index (χ1) is 9.04. The molecule has 0 aromatic carbocycles. The molecule has 0 unspecified atom stereocenters. The van der Waals surface area contributed by atoms with Gasteiger partial charge in [0.05, 0.1) is 6.54 Å². The van der Waals surface area contributed by atoms with Crippen LogP contribution in [0, 0.1) is 0 Å². The van der Waals surface area contributed by atoms with E-state index in [1.165, 1.54) is 0 Å². The zero-order chi connectivity index (χ0) is 13.8. The first-order valence-corrected chi connectivity index (χ1v) is 6.21. The highest BCUT2D eigenvalue weighted by molar-refractivity contribution is 5.78. The summed E-state index contributed by atoms with van der Waals surface area (Å²) in [6.07, 6.45) is 1.12. The van der Waals surface area contributed by atoms with Gasteiger partial charge in [0, 0.05) is 12.5 Å². The lowest BCUT2D eigenvalue weighted by Crippen LogP contribution is -2.39. The molecule has 2 heterocycles. The second kappa shape index (κ2) is 5.68. The molecule has 0 aliphatic carbocycles. The van der Waals surface area contributed by atoms with Crippen LogP contribution in [0.3, 0.4) is 0 Å². The SMILES string of the molecule is CC(C)NC(=O)NCc1noc([C@@H]2CCC(=O)N2)n1. The minimum absolute atomic E-state index is 0.0146. The number of hydrogen-bond donors (Lipinski definition) is 3. The summed E-state index contributed by atoms with van der Waals surface area (Å²) in [7, 11) is 0. The molecule has 1 aliphatic heterocycles. The van der Waals surface area contributed by atoms with Crippen molar-refractivity contribution in [3.8, 4) is 0 Å². The molecular formula is C11H17N5O3. The molecule has 3 amide bonds. The van der Waals surface area contributed by atoms with Crippen LogP contribution in [0.5, 0.6) is 0 Å². The summed E-state index contributed by atoms with van der Waals surface area (Å²) in [6, 6.07) is -0.428. The summed E-state index contributed by atoms with van der Waals surface area (Å²) in [4.78, 5) is 26.6. The van der Waals surface area contributed by atoms with Crippen LogP contribution in [0.1, 0.15) is 44.4 Å². The van der Waals surface area contributed by atoms with Gasteiger partial charge in [-0.1, -0.05) is 5.16 Å². The summed E-state index contributed by atoms with van der Waals surface area (Å²) < 4.78 is 5.06. The second-order valence-electron chi connectivity index (χ2n) is 4.69. The zero-order valence-corrected chi connectivity index (χ0v) is 10.9. The van der Waals surface area contributed by atoms with E-state index in [1.807, 2.05) is 13.8 Å². The quantitative estimate of drug-likeness (QED) is 0.723. The predicted molar refractivity (Wildman–Crippen MR) is 64.9 cm³/mol. The lowest BCUT2D eigenvalue weighted by molar-refractivity contribution is -0.119. The Labute approximate surface area is 110 Å². The molecule has 8 nitrogen and oxygen atoms in total. The summed E-state index contributed by atoms with van der Waals surface area (Å²) in [5.41, 5.74) is 0. The van der Waals surface area contributed by atoms with Gasteiger partial charge >= 0.3 is 6.03 Å². The molecule has 0 saturated carbocycles. The molecule has 1 aliphatic rings. The van der Waals surface area contributed by atoms with Gasteiger partial charge in [-0.25, -0.2) is 4.79 Å². The number of amides is 3. The maximum absolute atomic E-state index is 11.4. The van der Waals surface area contributed by atoms with Crippen LogP contribution in [-0.2, 0) is 11.3 Å². The molecule has 1 atom stereocenters. The highest BCUT2D eigenvalue weighted by atomic mass is 16.5. The summed E-state index contributed by atoms with van der Waals surface area (Å²) >= 11 is 0. The Morgan fingerprint density at radius 1 is 1.58 bits per heavy atom. The molecule has 3 N–H and O–H groups in total. The third-order valence-electron chi connectivity index (χ3n) is 2.60. The smallest absolute Gasteiger partial charge is 0.315 e. The highest BCUT2D eigenvalue weighted by Crippen LogP contribution is 2.21. The number of urea groups is 1. The van der Waals surface area contributed by atoms with Crippen molar-refractivity contribution < 1.29 is 14.1 Å². The Morgan fingerprint density at radius 2 is 2.37 bits per heavy atom. The first-order valence-electron chi connectivity index (χ1n) is 6.21. The topological polar surface area (TPSA) is 109 Å². The standard InChI is InChI=1S/C11H17N5O3/c1-6(2)13-11(18)12-5-8-15-10(19-16-8)7-3-4-9(17)14-7/h6-7H,3-5H2,1-2H3,(H,14,17)(H2,12,13,18)/t7-/m0/s1. The van der Waals surface area contributed by atoms with E-state index in [0.717, 1.165) is 0 Å². The van der Waals surface area contributed by atoms with Gasteiger partial charge in [0.1, 0.15) is 6.04 Å². The van der Waals surface area contributed by atoms with Gasteiger partial charge in [-0.2, -0.15) is 4.98 Å². The molecule has 1 fully saturated rings. The van der Waals surface area contributed by atoms with E-state index in [2.05, 4.69) is 26.1 Å². The molecule has 104 valence electrons. The molecule has 1 saturated heterocycles. The minimum Gasteiger partial charge on any atom is -0.344 e. The maximum atomic E-state index is 11.4. The highest BCUT2D eigenvalue weighted by Gasteiger charge is 2.27. The number of carbonyl (C=O) groups excluding carboxylic acids is 2. The fourth-order valence-corrected chi connectivity index (χ4v) is 1.75. The van der Waals surface area contributed by atoms with Crippen LogP contribution in [0.15, 0.2) is 4.52 Å². The van der Waals surface area contributed by atoms with Crippen molar-refractivity contribution in [3.05, 3.63) is 11.7 Å². The Hall–Kier alpha value is -2.12. The average Bonchev–Trinajstić information content (AvgIpc) is 2.94. The molecule has 1 aromatic heterocycles. The van der Waals surface area contributed by atoms with E-state index in [1.54, 1.807) is 0 Å². The van der Waals surface area contributed by atoms with Crippen molar-refractivity contribution >= 4 is 11.9 Å². The molecule has 8 heteroatoms. The predicted octanol–water partition coefficient (Wildman–Crippen LogP) is 0.228. The van der Waals surface area contributed by atoms with Gasteiger partial charge in [0.2, 0.25) is 11.8 Å². The Kier molecular flexibility index (Phi) is 3.98. The molecule has 0 bridgehead atoms. The van der Waals surface area contributed by atoms with Crippen LogP contribution in [0.2, 0.25) is 0 Å². The van der Waals surface area contributed by atoms with E-state index in [-0.39, 0.29) is 30.6 Å². The maximum Gasteiger partial charge on any atom is 0.315 e. The fraction of sp³-hybridized carbons (Fsp3) is 0.636. The summed E-state index contributed by atoms with van der Waals surface area (Å²) in [5, 5.41) is 11.8. The summed E-state index contributed by atoms with van der Waals surface area (Å²) in [5.74, 6) is 0.751. The van der Waals surface area contributed by atoms with Crippen LogP contribution in [-0.4, -0.2) is 28.1 Å². The van der Waals surface area contributed by atoms with Gasteiger partial charge in [0.15, 0.2) is 5.82 Å². The third-order valence-corrected chi connectivity index (χ3v) is 2.60. The monoisotopic (exact) mass is 267 g/mol. The minimum atomic E-state index is -0.282. The number of rotatable bonds is 4. The van der Waals surface area contributed by atoms with E-state index in [0.29, 0.717) is 24.6 Å². The van der Waals surface area contributed by atoms with E-state index in [4.69, 9.17) is 4.52 Å². The largest absolute Gasteiger partial charge is 0.344 e. The molecule has 1 aromatic rings. The second-order valence-corrected chi connectivity index (χ2v) is 4.69. The summed E-state index contributed by atoms with van der Waals surface area (Å²) in [6.45, 7) is 3.92. The van der Waals surface area contributed by atoms with Crippen molar-refractivity contribution in [1.82, 2.24) is 26.1 Å². The normalized spacial score (nSPS) is 18.5. The van der Waals surface area contributed by atoms with Crippen molar-refractivity contribution in [2.45, 2.75) is 45.3 Å². The number of hydrogen-bond acceptors (Lipinski definition) is 5. The molecule has 0 spiro atoms. The zero-order valence-electron chi connectivity index (χ0n) is 10.9. The van der Waals surface area contributed by atoms with E-state index >= 15 is 0 Å². The van der Waals surface area contributed by atoms with Gasteiger partial charge in [-0.15, -0.1) is 0 Å². The Bertz CT molecular complexity index is 471. The van der Waals surface area contributed by atoms with E-state index < -0.39 is 0 Å². The number of aromatic nitrogens is 2. The van der Waals surface area contributed by atoms with Crippen LogP contribution in [0.25, 0.3) is 0 Å². The van der Waals surface area contributed by atoms with Crippen molar-refractivity contribution in [2.75, 3.05) is 0 Å². The molecule has 0 radical (unpaired) electrons. The van der Waals surface area contributed by atoms with Gasteiger partial charge in [0.25, 0.3) is 0 Å². The van der Waals surface area contributed by atoms with Gasteiger partial charge in [-0.05, 0) is 20.3 Å². The third kappa shape index (κ3) is 3.67. The van der Waals surface area contributed by atoms with Crippen LogP contribution < -0.4 is 16.0 Å². The Morgan fingerprint density at radius 3 is 3.00 bits per heavy atom. The molecule has 19 heavy (non-hydrogen) atoms. The van der Waals surface area contributed by atoms with Crippen molar-refractivity contribution in [3.63, 3.8) is 0 Å². The number of nitrogens with zero attached hydrogens (tertiary/aromatic N) is 2. The average molecular weight is 267 g/mol. The van der Waals surface area contributed by atoms with Crippen LogP contribution >= 0.6 is 0 Å². The van der Waals surface area contributed by atoms with Gasteiger partial charge < -0.3 is 20.5 Å². The lowest BCUT2D eigenvalue weighted by atomic mass is 10.2. The molecular weight excluding hydrogens is 250 g/mol. The molecule has 2 rings (SSSR count). The van der Waals surface area contributed by atoms with E-state index in [9.17, 15) is 9.59 Å². The van der Waals surface area contributed by atoms with Crippen molar-refractivity contribution in [1.29, 1.82) is 0 Å². The number of nitrogens with one attached hydrogen (secondary N) is 3. The first kappa shape index (κ1) is 13.3. The lowest BCUT2D eigenvalue weighted by Gasteiger charge is -2.08. The van der Waals surface area contributed by atoms with Crippen molar-refractivity contribution in [2.24, 2.45) is 0 Å². The number of carbonyl (C=O) groups is 2. The van der Waals surface area contributed by atoms with Gasteiger partial charge in [-0.3, -0.25) is 4.79 Å². The van der Waals surface area contributed by atoms with Crippen LogP contribution in [0.4, 0.5) is 4.79 Å².